The number of rotatable bonds is 5. The van der Waals surface area contributed by atoms with Crippen LogP contribution < -0.4 is 10.6 Å². The SMILES string of the molecule is O=C(NCCN1CCCCC1)NCc1cccc(Br)c1. The molecule has 1 saturated heterocycles. The first-order chi connectivity index (χ1) is 9.74. The molecule has 0 unspecified atom stereocenters. The predicted octanol–water partition coefficient (Wildman–Crippen LogP) is 2.73. The van der Waals surface area contributed by atoms with Crippen LogP contribution in [0, 0.1) is 0 Å². The van der Waals surface area contributed by atoms with Gasteiger partial charge < -0.3 is 15.5 Å². The largest absolute Gasteiger partial charge is 0.337 e. The molecule has 0 radical (unpaired) electrons. The van der Waals surface area contributed by atoms with Crippen LogP contribution in [0.2, 0.25) is 0 Å². The Hall–Kier alpha value is -1.07. The number of nitrogens with one attached hydrogen (secondary N) is 2. The Morgan fingerprint density at radius 1 is 1.20 bits per heavy atom. The number of carbonyl (C=O) groups is 1. The summed E-state index contributed by atoms with van der Waals surface area (Å²) in [5.41, 5.74) is 1.09. The van der Waals surface area contributed by atoms with E-state index < -0.39 is 0 Å². The molecule has 110 valence electrons. The first-order valence-electron chi connectivity index (χ1n) is 7.22. The Morgan fingerprint density at radius 3 is 2.75 bits per heavy atom. The third-order valence-corrected chi connectivity index (χ3v) is 4.00. The number of halogens is 1. The fourth-order valence-corrected chi connectivity index (χ4v) is 2.85. The first-order valence-corrected chi connectivity index (χ1v) is 8.02. The minimum absolute atomic E-state index is 0.0954. The zero-order valence-electron chi connectivity index (χ0n) is 11.7. The van der Waals surface area contributed by atoms with Gasteiger partial charge in [0.1, 0.15) is 0 Å². The van der Waals surface area contributed by atoms with Crippen LogP contribution in [0.25, 0.3) is 0 Å². The quantitative estimate of drug-likeness (QED) is 0.866. The highest BCUT2D eigenvalue weighted by Crippen LogP contribution is 2.11. The summed E-state index contributed by atoms with van der Waals surface area (Å²) in [6.45, 7) is 4.55. The Labute approximate surface area is 129 Å². The average Bonchev–Trinajstić information content (AvgIpc) is 2.46. The topological polar surface area (TPSA) is 44.4 Å². The Kier molecular flexibility index (Phi) is 6.33. The monoisotopic (exact) mass is 339 g/mol. The minimum Gasteiger partial charge on any atom is -0.337 e. The summed E-state index contributed by atoms with van der Waals surface area (Å²) in [6, 6.07) is 7.85. The van der Waals surface area contributed by atoms with E-state index >= 15 is 0 Å². The van der Waals surface area contributed by atoms with Crippen molar-refractivity contribution in [2.45, 2.75) is 25.8 Å². The van der Waals surface area contributed by atoms with Gasteiger partial charge in [-0.1, -0.05) is 34.5 Å². The molecule has 1 aliphatic rings. The molecule has 1 aliphatic heterocycles. The van der Waals surface area contributed by atoms with Gasteiger partial charge in [-0.2, -0.15) is 0 Å². The van der Waals surface area contributed by atoms with Crippen LogP contribution in [0.3, 0.4) is 0 Å². The molecule has 2 amide bonds. The van der Waals surface area contributed by atoms with Crippen LogP contribution in [0.1, 0.15) is 24.8 Å². The van der Waals surface area contributed by atoms with E-state index in [9.17, 15) is 4.79 Å². The second kappa shape index (κ2) is 8.27. The van der Waals surface area contributed by atoms with Crippen LogP contribution in [-0.2, 0) is 6.54 Å². The third kappa shape index (κ3) is 5.51. The lowest BCUT2D eigenvalue weighted by Crippen LogP contribution is -2.41. The molecule has 4 nitrogen and oxygen atoms in total. The number of urea groups is 1. The molecule has 1 aromatic rings. The molecule has 20 heavy (non-hydrogen) atoms. The van der Waals surface area contributed by atoms with Crippen molar-refractivity contribution in [3.63, 3.8) is 0 Å². The zero-order chi connectivity index (χ0) is 14.2. The summed E-state index contributed by atoms with van der Waals surface area (Å²) in [5, 5.41) is 5.79. The van der Waals surface area contributed by atoms with Crippen LogP contribution in [-0.4, -0.2) is 37.1 Å². The first kappa shape index (κ1) is 15.3. The highest BCUT2D eigenvalue weighted by Gasteiger charge is 2.09. The summed E-state index contributed by atoms with van der Waals surface area (Å²) in [6.07, 6.45) is 3.92. The minimum atomic E-state index is -0.0954. The Morgan fingerprint density at radius 2 is 2.00 bits per heavy atom. The van der Waals surface area contributed by atoms with Crippen molar-refractivity contribution in [2.24, 2.45) is 0 Å². The van der Waals surface area contributed by atoms with Gasteiger partial charge in [-0.25, -0.2) is 4.79 Å². The van der Waals surface area contributed by atoms with E-state index in [2.05, 4.69) is 31.5 Å². The van der Waals surface area contributed by atoms with Gasteiger partial charge >= 0.3 is 6.03 Å². The van der Waals surface area contributed by atoms with Crippen molar-refractivity contribution in [1.82, 2.24) is 15.5 Å². The van der Waals surface area contributed by atoms with E-state index in [0.29, 0.717) is 13.1 Å². The van der Waals surface area contributed by atoms with Gasteiger partial charge in [0.25, 0.3) is 0 Å². The Bertz CT molecular complexity index is 433. The highest BCUT2D eigenvalue weighted by molar-refractivity contribution is 9.10. The number of amides is 2. The zero-order valence-corrected chi connectivity index (χ0v) is 13.3. The van der Waals surface area contributed by atoms with Crippen molar-refractivity contribution in [3.8, 4) is 0 Å². The molecule has 1 fully saturated rings. The van der Waals surface area contributed by atoms with Gasteiger partial charge in [0.05, 0.1) is 0 Å². The second-order valence-electron chi connectivity index (χ2n) is 5.14. The molecule has 1 aromatic carbocycles. The third-order valence-electron chi connectivity index (χ3n) is 3.50. The molecule has 0 spiro atoms. The molecule has 2 rings (SSSR count). The lowest BCUT2D eigenvalue weighted by molar-refractivity contribution is 0.220. The van der Waals surface area contributed by atoms with Crippen LogP contribution in [0.4, 0.5) is 4.79 Å². The van der Waals surface area contributed by atoms with Crippen LogP contribution in [0.15, 0.2) is 28.7 Å². The van der Waals surface area contributed by atoms with Crippen molar-refractivity contribution in [2.75, 3.05) is 26.2 Å². The summed E-state index contributed by atoms with van der Waals surface area (Å²) in [7, 11) is 0. The molecule has 1 heterocycles. The van der Waals surface area contributed by atoms with Crippen LogP contribution >= 0.6 is 15.9 Å². The number of benzene rings is 1. The summed E-state index contributed by atoms with van der Waals surface area (Å²) in [5.74, 6) is 0. The van der Waals surface area contributed by atoms with Gasteiger partial charge in [0.2, 0.25) is 0 Å². The van der Waals surface area contributed by atoms with Crippen molar-refractivity contribution in [3.05, 3.63) is 34.3 Å². The van der Waals surface area contributed by atoms with Crippen LogP contribution in [0.5, 0.6) is 0 Å². The normalized spacial score (nSPS) is 15.8. The molecule has 2 N–H and O–H groups in total. The van der Waals surface area contributed by atoms with E-state index in [0.717, 1.165) is 16.6 Å². The van der Waals surface area contributed by atoms with Crippen molar-refractivity contribution < 1.29 is 4.79 Å². The standard InChI is InChI=1S/C15H22BrN3O/c16-14-6-4-5-13(11-14)12-18-15(20)17-7-10-19-8-2-1-3-9-19/h4-6,11H,1-3,7-10,12H2,(H2,17,18,20). The average molecular weight is 340 g/mol. The van der Waals surface area contributed by atoms with Gasteiger partial charge in [0, 0.05) is 24.1 Å². The van der Waals surface area contributed by atoms with E-state index in [1.165, 1.54) is 32.4 Å². The summed E-state index contributed by atoms with van der Waals surface area (Å²) in [4.78, 5) is 14.1. The second-order valence-corrected chi connectivity index (χ2v) is 6.06. The number of carbonyl (C=O) groups excluding carboxylic acids is 1. The number of piperidine rings is 1. The van der Waals surface area contributed by atoms with Crippen molar-refractivity contribution in [1.29, 1.82) is 0 Å². The predicted molar refractivity (Wildman–Crippen MR) is 84.7 cm³/mol. The lowest BCUT2D eigenvalue weighted by atomic mass is 10.1. The van der Waals surface area contributed by atoms with Gasteiger partial charge in [-0.05, 0) is 43.6 Å². The molecule has 0 atom stereocenters. The van der Waals surface area contributed by atoms with E-state index in [1.807, 2.05) is 24.3 Å². The molecule has 0 aromatic heterocycles. The summed E-state index contributed by atoms with van der Waals surface area (Å²) >= 11 is 3.42. The maximum absolute atomic E-state index is 11.7. The molecule has 0 aliphatic carbocycles. The highest BCUT2D eigenvalue weighted by atomic mass is 79.9. The Balaban J connectivity index is 1.60. The maximum atomic E-state index is 11.7. The van der Waals surface area contributed by atoms with Gasteiger partial charge in [0.15, 0.2) is 0 Å². The molecular formula is C15H22BrN3O. The van der Waals surface area contributed by atoms with Gasteiger partial charge in [-0.15, -0.1) is 0 Å². The molecular weight excluding hydrogens is 318 g/mol. The summed E-state index contributed by atoms with van der Waals surface area (Å²) < 4.78 is 1.03. The molecule has 5 heteroatoms. The molecule has 0 saturated carbocycles. The molecule has 0 bridgehead atoms. The number of nitrogens with zero attached hydrogens (tertiary/aromatic N) is 1. The van der Waals surface area contributed by atoms with Crippen molar-refractivity contribution >= 4 is 22.0 Å². The van der Waals surface area contributed by atoms with E-state index in [1.54, 1.807) is 0 Å². The lowest BCUT2D eigenvalue weighted by Gasteiger charge is -2.26. The van der Waals surface area contributed by atoms with Gasteiger partial charge in [-0.3, -0.25) is 0 Å². The number of hydrogen-bond donors (Lipinski definition) is 2. The maximum Gasteiger partial charge on any atom is 0.315 e. The number of likely N-dealkylation sites (tertiary alicyclic amines) is 1. The van der Waals surface area contributed by atoms with E-state index in [4.69, 9.17) is 0 Å². The number of hydrogen-bond acceptors (Lipinski definition) is 2. The fraction of sp³-hybridized carbons (Fsp3) is 0.533. The fourth-order valence-electron chi connectivity index (χ4n) is 2.40. The van der Waals surface area contributed by atoms with E-state index in [-0.39, 0.29) is 6.03 Å². The smallest absolute Gasteiger partial charge is 0.315 e.